The number of carbonyl (C=O) groups is 1. The van der Waals surface area contributed by atoms with Gasteiger partial charge in [-0.1, -0.05) is 24.3 Å². The van der Waals surface area contributed by atoms with Crippen LogP contribution < -0.4 is 14.8 Å². The van der Waals surface area contributed by atoms with Crippen LogP contribution >= 0.6 is 0 Å². The number of aryl methyl sites for hydroxylation is 2. The molecule has 0 unspecified atom stereocenters. The van der Waals surface area contributed by atoms with Crippen LogP contribution in [-0.4, -0.2) is 24.5 Å². The molecule has 4 rings (SSSR count). The topological polar surface area (TPSA) is 90.7 Å². The molecule has 1 aliphatic carbocycles. The average molecular weight is 392 g/mol. The largest absolute Gasteiger partial charge is 0.493 e. The number of nitro benzene ring substituents is 1. The van der Waals surface area contributed by atoms with Crippen molar-refractivity contribution in [2.75, 3.05) is 19.0 Å². The number of ether oxygens (including phenoxy) is 2. The summed E-state index contributed by atoms with van der Waals surface area (Å²) < 4.78 is 10.7. The first-order chi connectivity index (χ1) is 14.0. The van der Waals surface area contributed by atoms with Gasteiger partial charge in [-0.3, -0.25) is 14.9 Å². The lowest BCUT2D eigenvalue weighted by Gasteiger charge is -2.13. The zero-order valence-corrected chi connectivity index (χ0v) is 16.2. The van der Waals surface area contributed by atoms with Crippen molar-refractivity contribution >= 4 is 28.1 Å². The summed E-state index contributed by atoms with van der Waals surface area (Å²) in [4.78, 5) is 24.0. The summed E-state index contributed by atoms with van der Waals surface area (Å²) in [6.45, 7) is 2.12. The number of hydrogen-bond donors (Lipinski definition) is 1. The summed E-state index contributed by atoms with van der Waals surface area (Å²) in [5.41, 5.74) is 2.71. The predicted octanol–water partition coefficient (Wildman–Crippen LogP) is 4.51. The van der Waals surface area contributed by atoms with Crippen LogP contribution in [0.15, 0.2) is 42.5 Å². The molecule has 0 aromatic heterocycles. The highest BCUT2D eigenvalue weighted by atomic mass is 16.6. The number of anilines is 1. The van der Waals surface area contributed by atoms with E-state index in [0.717, 1.165) is 23.6 Å². The van der Waals surface area contributed by atoms with Crippen molar-refractivity contribution in [3.63, 3.8) is 0 Å². The minimum atomic E-state index is -0.597. The van der Waals surface area contributed by atoms with Gasteiger partial charge in [0, 0.05) is 17.1 Å². The molecule has 0 radical (unpaired) electrons. The van der Waals surface area contributed by atoms with Crippen LogP contribution in [-0.2, 0) is 12.8 Å². The van der Waals surface area contributed by atoms with Gasteiger partial charge in [0.1, 0.15) is 5.56 Å². The molecule has 0 fully saturated rings. The van der Waals surface area contributed by atoms with Crippen molar-refractivity contribution in [2.24, 2.45) is 0 Å². The minimum absolute atomic E-state index is 0.0810. The van der Waals surface area contributed by atoms with E-state index in [4.69, 9.17) is 9.47 Å². The number of nitro groups is 1. The smallest absolute Gasteiger partial charge is 0.286 e. The van der Waals surface area contributed by atoms with Crippen LogP contribution in [0.3, 0.4) is 0 Å². The Hall–Kier alpha value is -3.61. The molecular formula is C22H20N2O5. The first kappa shape index (κ1) is 18.7. The summed E-state index contributed by atoms with van der Waals surface area (Å²) >= 11 is 0. The van der Waals surface area contributed by atoms with Gasteiger partial charge in [0.15, 0.2) is 11.5 Å². The van der Waals surface area contributed by atoms with Gasteiger partial charge >= 0.3 is 0 Å². The van der Waals surface area contributed by atoms with E-state index in [0.29, 0.717) is 12.3 Å². The molecule has 0 saturated heterocycles. The third kappa shape index (κ3) is 3.24. The molecular weight excluding hydrogens is 372 g/mol. The van der Waals surface area contributed by atoms with Crippen LogP contribution in [0.25, 0.3) is 10.8 Å². The van der Waals surface area contributed by atoms with E-state index in [1.807, 2.05) is 24.3 Å². The van der Waals surface area contributed by atoms with Gasteiger partial charge in [-0.15, -0.1) is 0 Å². The fourth-order valence-electron chi connectivity index (χ4n) is 3.86. The number of nitrogens with zero attached hydrogens (tertiary/aromatic N) is 1. The number of rotatable bonds is 6. The Balaban J connectivity index is 1.77. The molecule has 148 valence electrons. The highest BCUT2D eigenvalue weighted by molar-refractivity contribution is 6.12. The van der Waals surface area contributed by atoms with Crippen LogP contribution in [0.2, 0.25) is 0 Å². The highest BCUT2D eigenvalue weighted by Gasteiger charge is 2.25. The Labute approximate surface area is 167 Å². The van der Waals surface area contributed by atoms with E-state index in [1.54, 1.807) is 6.92 Å². The molecule has 0 aliphatic heterocycles. The lowest BCUT2D eigenvalue weighted by molar-refractivity contribution is -0.385. The molecule has 1 aliphatic rings. The Morgan fingerprint density at radius 2 is 1.90 bits per heavy atom. The van der Waals surface area contributed by atoms with Gasteiger partial charge in [0.05, 0.1) is 24.7 Å². The van der Waals surface area contributed by atoms with Gasteiger partial charge in [0.25, 0.3) is 11.6 Å². The second kappa shape index (κ2) is 7.43. The molecule has 0 atom stereocenters. The predicted molar refractivity (Wildman–Crippen MR) is 110 cm³/mol. The number of carbonyl (C=O) groups excluding carboxylic acids is 1. The summed E-state index contributed by atoms with van der Waals surface area (Å²) in [6.07, 6.45) is 1.96. The Bertz CT molecular complexity index is 1130. The number of benzene rings is 3. The Morgan fingerprint density at radius 1 is 1.14 bits per heavy atom. The molecule has 7 nitrogen and oxygen atoms in total. The first-order valence-electron chi connectivity index (χ1n) is 9.37. The lowest BCUT2D eigenvalue weighted by Crippen LogP contribution is -2.15. The number of methoxy groups -OCH3 is 1. The van der Waals surface area contributed by atoms with Crippen LogP contribution in [0.5, 0.6) is 11.5 Å². The van der Waals surface area contributed by atoms with Gasteiger partial charge in [-0.2, -0.15) is 0 Å². The van der Waals surface area contributed by atoms with Crippen LogP contribution in [0.1, 0.15) is 28.4 Å². The monoisotopic (exact) mass is 392 g/mol. The first-order valence-corrected chi connectivity index (χ1v) is 9.37. The minimum Gasteiger partial charge on any atom is -0.493 e. The van der Waals surface area contributed by atoms with E-state index < -0.39 is 10.8 Å². The normalized spacial score (nSPS) is 12.1. The molecule has 29 heavy (non-hydrogen) atoms. The SMILES string of the molecule is CCOc1cc(C(=O)Nc2ccc3c4c(cccc24)CC3)c([N+](=O)[O-])cc1OC. The third-order valence-electron chi connectivity index (χ3n) is 5.15. The third-order valence-corrected chi connectivity index (χ3v) is 5.15. The maximum Gasteiger partial charge on any atom is 0.286 e. The zero-order chi connectivity index (χ0) is 20.5. The van der Waals surface area contributed by atoms with E-state index in [1.165, 1.54) is 30.4 Å². The molecule has 1 N–H and O–H groups in total. The van der Waals surface area contributed by atoms with Gasteiger partial charge in [-0.25, -0.2) is 0 Å². The second-order valence-corrected chi connectivity index (χ2v) is 6.78. The van der Waals surface area contributed by atoms with Crippen molar-refractivity contribution in [3.8, 4) is 11.5 Å². The van der Waals surface area contributed by atoms with Crippen molar-refractivity contribution in [3.05, 3.63) is 69.3 Å². The van der Waals surface area contributed by atoms with Crippen LogP contribution in [0.4, 0.5) is 11.4 Å². The van der Waals surface area contributed by atoms with Crippen molar-refractivity contribution in [1.29, 1.82) is 0 Å². The number of hydrogen-bond acceptors (Lipinski definition) is 5. The van der Waals surface area contributed by atoms with Crippen molar-refractivity contribution in [2.45, 2.75) is 19.8 Å². The average Bonchev–Trinajstić information content (AvgIpc) is 3.14. The molecule has 0 heterocycles. The van der Waals surface area contributed by atoms with Gasteiger partial charge in [0.2, 0.25) is 0 Å². The molecule has 3 aromatic carbocycles. The number of amides is 1. The van der Waals surface area contributed by atoms with E-state index in [-0.39, 0.29) is 22.7 Å². The molecule has 1 amide bonds. The van der Waals surface area contributed by atoms with E-state index in [2.05, 4.69) is 11.4 Å². The fourth-order valence-corrected chi connectivity index (χ4v) is 3.86. The quantitative estimate of drug-likeness (QED) is 0.492. The molecule has 0 spiro atoms. The summed E-state index contributed by atoms with van der Waals surface area (Å²) in [6, 6.07) is 12.4. The standard InChI is InChI=1S/C22H20N2O5/c1-3-29-20-11-16(18(24(26)27)12-19(20)28-2)22(25)23-17-10-9-14-8-7-13-5-4-6-15(17)21(13)14/h4-6,9-12H,3,7-8H2,1-2H3,(H,23,25). The molecule has 0 saturated carbocycles. The van der Waals surface area contributed by atoms with Crippen molar-refractivity contribution in [1.82, 2.24) is 0 Å². The van der Waals surface area contributed by atoms with Gasteiger partial charge < -0.3 is 14.8 Å². The molecule has 3 aromatic rings. The van der Waals surface area contributed by atoms with E-state index in [9.17, 15) is 14.9 Å². The van der Waals surface area contributed by atoms with Crippen molar-refractivity contribution < 1.29 is 19.2 Å². The van der Waals surface area contributed by atoms with Gasteiger partial charge in [-0.05, 0) is 42.3 Å². The summed E-state index contributed by atoms with van der Waals surface area (Å²) in [5, 5.41) is 16.5. The Kier molecular flexibility index (Phi) is 4.80. The lowest BCUT2D eigenvalue weighted by atomic mass is 10.0. The zero-order valence-electron chi connectivity index (χ0n) is 16.2. The molecule has 7 heteroatoms. The van der Waals surface area contributed by atoms with Crippen LogP contribution in [0, 0.1) is 10.1 Å². The maximum absolute atomic E-state index is 13.0. The highest BCUT2D eigenvalue weighted by Crippen LogP contribution is 2.37. The summed E-state index contributed by atoms with van der Waals surface area (Å²) in [5.74, 6) is -0.0781. The fraction of sp³-hybridized carbons (Fsp3) is 0.227. The summed E-state index contributed by atoms with van der Waals surface area (Å²) in [7, 11) is 1.40. The number of nitrogens with one attached hydrogen (secondary N) is 1. The Morgan fingerprint density at radius 3 is 2.59 bits per heavy atom. The molecule has 0 bridgehead atoms. The second-order valence-electron chi connectivity index (χ2n) is 6.78. The maximum atomic E-state index is 13.0. The van der Waals surface area contributed by atoms with E-state index >= 15 is 0 Å².